The summed E-state index contributed by atoms with van der Waals surface area (Å²) in [6.07, 6.45) is 0. The zero-order valence-electron chi connectivity index (χ0n) is 11.7. The van der Waals surface area contributed by atoms with Crippen LogP contribution in [0.15, 0.2) is 58.1 Å². The normalized spacial score (nSPS) is 11.6. The van der Waals surface area contributed by atoms with Gasteiger partial charge in [0.1, 0.15) is 5.01 Å². The quantitative estimate of drug-likeness (QED) is 0.552. The van der Waals surface area contributed by atoms with Gasteiger partial charge in [0, 0.05) is 4.47 Å². The summed E-state index contributed by atoms with van der Waals surface area (Å²) in [6.45, 7) is 1.83. The molecule has 4 nitrogen and oxygen atoms in total. The summed E-state index contributed by atoms with van der Waals surface area (Å²) in [4.78, 5) is 16.6. The number of hydrogen-bond donors (Lipinski definition) is 1. The van der Waals surface area contributed by atoms with Gasteiger partial charge in [-0.25, -0.2) is 10.4 Å². The molecule has 3 rings (SSSR count). The Labute approximate surface area is 140 Å². The molecule has 0 aliphatic rings. The highest BCUT2D eigenvalue weighted by molar-refractivity contribution is 9.10. The van der Waals surface area contributed by atoms with Gasteiger partial charge in [0.25, 0.3) is 5.91 Å². The summed E-state index contributed by atoms with van der Waals surface area (Å²) in [5.41, 5.74) is 4.73. The average Bonchev–Trinajstić information content (AvgIpc) is 2.97. The molecule has 1 N–H and O–H groups in total. The third-order valence-corrected chi connectivity index (χ3v) is 4.88. The van der Waals surface area contributed by atoms with E-state index in [0.717, 1.165) is 19.7 Å². The Bertz CT molecular complexity index is 839. The Hall–Kier alpha value is -2.05. The highest BCUT2D eigenvalue weighted by Gasteiger charge is 2.10. The molecular formula is C16H12BrN3OS. The number of amides is 1. The molecule has 0 atom stereocenters. The van der Waals surface area contributed by atoms with Crippen molar-refractivity contribution in [1.82, 2.24) is 10.4 Å². The number of thiazole rings is 1. The molecule has 0 saturated heterocycles. The van der Waals surface area contributed by atoms with Crippen LogP contribution in [0.1, 0.15) is 22.3 Å². The van der Waals surface area contributed by atoms with Crippen LogP contribution in [-0.2, 0) is 0 Å². The largest absolute Gasteiger partial charge is 0.272 e. The minimum Gasteiger partial charge on any atom is -0.267 e. The molecular weight excluding hydrogens is 362 g/mol. The number of benzene rings is 2. The number of hydrogen-bond acceptors (Lipinski definition) is 4. The molecule has 0 bridgehead atoms. The van der Waals surface area contributed by atoms with Gasteiger partial charge in [0.2, 0.25) is 0 Å². The van der Waals surface area contributed by atoms with Gasteiger partial charge >= 0.3 is 0 Å². The summed E-state index contributed by atoms with van der Waals surface area (Å²) in [5.74, 6) is -0.257. The zero-order chi connectivity index (χ0) is 15.5. The minimum atomic E-state index is -0.257. The summed E-state index contributed by atoms with van der Waals surface area (Å²) in [5, 5.41) is 4.95. The van der Waals surface area contributed by atoms with E-state index in [9.17, 15) is 4.79 Å². The third-order valence-electron chi connectivity index (χ3n) is 3.05. The maximum Gasteiger partial charge on any atom is 0.272 e. The lowest BCUT2D eigenvalue weighted by Crippen LogP contribution is -2.19. The second-order valence-electron chi connectivity index (χ2n) is 4.60. The summed E-state index contributed by atoms with van der Waals surface area (Å²) < 4.78 is 1.84. The second kappa shape index (κ2) is 6.37. The molecule has 0 spiro atoms. The Morgan fingerprint density at radius 1 is 1.18 bits per heavy atom. The van der Waals surface area contributed by atoms with Gasteiger partial charge in [-0.1, -0.05) is 24.3 Å². The van der Waals surface area contributed by atoms with Crippen LogP contribution in [0.5, 0.6) is 0 Å². The van der Waals surface area contributed by atoms with Gasteiger partial charge in [0.15, 0.2) is 0 Å². The minimum absolute atomic E-state index is 0.257. The van der Waals surface area contributed by atoms with E-state index in [1.807, 2.05) is 49.4 Å². The van der Waals surface area contributed by atoms with Gasteiger partial charge in [-0.05, 0) is 47.1 Å². The number of hydrazone groups is 1. The molecule has 110 valence electrons. The molecule has 22 heavy (non-hydrogen) atoms. The van der Waals surface area contributed by atoms with E-state index in [1.54, 1.807) is 17.4 Å². The molecule has 0 saturated carbocycles. The van der Waals surface area contributed by atoms with Crippen LogP contribution in [0.3, 0.4) is 0 Å². The predicted octanol–water partition coefficient (Wildman–Crippen LogP) is 4.21. The number of halogens is 1. The molecule has 6 heteroatoms. The first-order valence-corrected chi connectivity index (χ1v) is 8.21. The highest BCUT2D eigenvalue weighted by atomic mass is 79.9. The van der Waals surface area contributed by atoms with Gasteiger partial charge in [-0.15, -0.1) is 11.3 Å². The van der Waals surface area contributed by atoms with Gasteiger partial charge in [-0.2, -0.15) is 5.10 Å². The fourth-order valence-electron chi connectivity index (χ4n) is 1.91. The Balaban J connectivity index is 1.80. The van der Waals surface area contributed by atoms with E-state index in [4.69, 9.17) is 0 Å². The molecule has 0 unspecified atom stereocenters. The van der Waals surface area contributed by atoms with Gasteiger partial charge in [0.05, 0.1) is 21.5 Å². The molecule has 2 aromatic carbocycles. The number of rotatable bonds is 3. The highest BCUT2D eigenvalue weighted by Crippen LogP contribution is 2.22. The van der Waals surface area contributed by atoms with Crippen molar-refractivity contribution in [2.24, 2.45) is 5.10 Å². The van der Waals surface area contributed by atoms with Crippen LogP contribution in [-0.4, -0.2) is 16.6 Å². The molecule has 1 heterocycles. The maximum absolute atomic E-state index is 12.1. The number of carbonyl (C=O) groups is 1. The van der Waals surface area contributed by atoms with Crippen molar-refractivity contribution in [3.05, 3.63) is 63.6 Å². The summed E-state index contributed by atoms with van der Waals surface area (Å²) in [7, 11) is 0. The zero-order valence-corrected chi connectivity index (χ0v) is 14.1. The van der Waals surface area contributed by atoms with Crippen molar-refractivity contribution >= 4 is 49.1 Å². The molecule has 3 aromatic rings. The molecule has 0 radical (unpaired) electrons. The number of nitrogens with one attached hydrogen (secondary N) is 1. The summed E-state index contributed by atoms with van der Waals surface area (Å²) >= 11 is 4.91. The fourth-order valence-corrected chi connectivity index (χ4v) is 3.29. The molecule has 0 fully saturated rings. The molecule has 0 aliphatic carbocycles. The van der Waals surface area contributed by atoms with E-state index in [2.05, 4.69) is 31.4 Å². The van der Waals surface area contributed by atoms with Crippen molar-refractivity contribution in [2.45, 2.75) is 6.92 Å². The maximum atomic E-state index is 12.1. The van der Waals surface area contributed by atoms with Crippen molar-refractivity contribution in [1.29, 1.82) is 0 Å². The van der Waals surface area contributed by atoms with Crippen LogP contribution in [0, 0.1) is 0 Å². The third kappa shape index (κ3) is 3.08. The van der Waals surface area contributed by atoms with Crippen LogP contribution in [0.25, 0.3) is 10.2 Å². The fraction of sp³-hybridized carbons (Fsp3) is 0.0625. The van der Waals surface area contributed by atoms with E-state index in [1.165, 1.54) is 0 Å². The standard InChI is InChI=1S/C16H12BrN3OS/c1-10(16-18-13-8-4-5-9-14(13)22-16)19-20-15(21)11-6-2-3-7-12(11)17/h2-9H,1H3,(H,20,21)/b19-10-. The topological polar surface area (TPSA) is 54.4 Å². The SMILES string of the molecule is C/C(=N/NC(=O)c1ccccc1Br)c1nc2ccccc2s1. The van der Waals surface area contributed by atoms with Gasteiger partial charge in [-0.3, -0.25) is 4.79 Å². The predicted molar refractivity (Wildman–Crippen MR) is 93.4 cm³/mol. The molecule has 1 amide bonds. The lowest BCUT2D eigenvalue weighted by atomic mass is 10.2. The van der Waals surface area contributed by atoms with Gasteiger partial charge < -0.3 is 0 Å². The number of fused-ring (bicyclic) bond motifs is 1. The van der Waals surface area contributed by atoms with Crippen molar-refractivity contribution < 1.29 is 4.79 Å². The van der Waals surface area contributed by atoms with E-state index in [0.29, 0.717) is 11.3 Å². The molecule has 1 aromatic heterocycles. The lowest BCUT2D eigenvalue weighted by molar-refractivity contribution is 0.0954. The number of carbonyl (C=O) groups excluding carboxylic acids is 1. The van der Waals surface area contributed by atoms with Crippen LogP contribution in [0.2, 0.25) is 0 Å². The Kier molecular flexibility index (Phi) is 4.31. The second-order valence-corrected chi connectivity index (χ2v) is 6.49. The van der Waals surface area contributed by atoms with E-state index in [-0.39, 0.29) is 5.91 Å². The van der Waals surface area contributed by atoms with Crippen LogP contribution in [0.4, 0.5) is 0 Å². The first-order valence-electron chi connectivity index (χ1n) is 6.60. The van der Waals surface area contributed by atoms with Crippen molar-refractivity contribution in [3.8, 4) is 0 Å². The smallest absolute Gasteiger partial charge is 0.267 e. The lowest BCUT2D eigenvalue weighted by Gasteiger charge is -2.03. The van der Waals surface area contributed by atoms with Crippen LogP contribution < -0.4 is 5.43 Å². The Morgan fingerprint density at radius 2 is 1.91 bits per heavy atom. The number of aromatic nitrogens is 1. The average molecular weight is 374 g/mol. The summed E-state index contributed by atoms with van der Waals surface area (Å²) in [6, 6.07) is 15.1. The monoisotopic (exact) mass is 373 g/mol. The Morgan fingerprint density at radius 3 is 2.68 bits per heavy atom. The van der Waals surface area contributed by atoms with E-state index >= 15 is 0 Å². The first-order chi connectivity index (χ1) is 10.6. The first kappa shape index (κ1) is 14.9. The van der Waals surface area contributed by atoms with Crippen molar-refractivity contribution in [2.75, 3.05) is 0 Å². The molecule has 0 aliphatic heterocycles. The number of para-hydroxylation sites is 1. The van der Waals surface area contributed by atoms with Crippen molar-refractivity contribution in [3.63, 3.8) is 0 Å². The van der Waals surface area contributed by atoms with E-state index < -0.39 is 0 Å². The number of nitrogens with zero attached hydrogens (tertiary/aromatic N) is 2. The van der Waals surface area contributed by atoms with Crippen LogP contribution >= 0.6 is 27.3 Å².